The van der Waals surface area contributed by atoms with Crippen molar-refractivity contribution < 1.29 is 9.50 Å². The van der Waals surface area contributed by atoms with Crippen LogP contribution in [0, 0.1) is 5.82 Å². The van der Waals surface area contributed by atoms with Gasteiger partial charge in [0.25, 0.3) is 0 Å². The van der Waals surface area contributed by atoms with E-state index in [1.54, 1.807) is 6.07 Å². The van der Waals surface area contributed by atoms with Gasteiger partial charge in [0, 0.05) is 5.56 Å². The van der Waals surface area contributed by atoms with Crippen molar-refractivity contribution in [3.8, 4) is 10.6 Å². The Morgan fingerprint density at radius 2 is 2.28 bits per heavy atom. The molecule has 0 spiro atoms. The molecule has 0 aliphatic carbocycles. The van der Waals surface area contributed by atoms with Crippen molar-refractivity contribution in [1.29, 1.82) is 0 Å². The van der Waals surface area contributed by atoms with Gasteiger partial charge in [-0.15, -0.1) is 11.3 Å². The first-order valence-corrected chi connectivity index (χ1v) is 6.54. The molecule has 0 atom stereocenters. The lowest BCUT2D eigenvalue weighted by atomic mass is 10.2. The van der Waals surface area contributed by atoms with Gasteiger partial charge in [0.05, 0.1) is 22.2 Å². The number of thiazole rings is 1. The van der Waals surface area contributed by atoms with E-state index in [2.05, 4.69) is 4.98 Å². The second-order valence-electron chi connectivity index (χ2n) is 3.62. The third-order valence-corrected chi connectivity index (χ3v) is 3.76. The lowest BCUT2D eigenvalue weighted by Gasteiger charge is -1.97. The van der Waals surface area contributed by atoms with Crippen LogP contribution in [-0.4, -0.2) is 10.1 Å². The highest BCUT2D eigenvalue weighted by Crippen LogP contribution is 2.31. The van der Waals surface area contributed by atoms with Crippen molar-refractivity contribution in [2.24, 2.45) is 0 Å². The lowest BCUT2D eigenvalue weighted by Crippen LogP contribution is -1.86. The molecular formula is C13H11ClFNOS. The summed E-state index contributed by atoms with van der Waals surface area (Å²) in [5, 5.41) is 10.0. The van der Waals surface area contributed by atoms with Crippen LogP contribution in [0.2, 0.25) is 5.02 Å². The highest BCUT2D eigenvalue weighted by Gasteiger charge is 2.11. The first-order valence-electron chi connectivity index (χ1n) is 5.34. The van der Waals surface area contributed by atoms with Gasteiger partial charge < -0.3 is 5.11 Å². The molecule has 0 aliphatic heterocycles. The zero-order chi connectivity index (χ0) is 13.1. The van der Waals surface area contributed by atoms with Gasteiger partial charge in [-0.3, -0.25) is 0 Å². The molecule has 94 valence electrons. The van der Waals surface area contributed by atoms with E-state index in [0.717, 1.165) is 10.4 Å². The molecule has 0 amide bonds. The fraction of sp³-hybridized carbons (Fsp3) is 0.154. The van der Waals surface area contributed by atoms with Gasteiger partial charge in [-0.2, -0.15) is 0 Å². The molecule has 1 N–H and O–H groups in total. The second-order valence-corrected chi connectivity index (χ2v) is 5.05. The highest BCUT2D eigenvalue weighted by atomic mass is 35.5. The zero-order valence-corrected chi connectivity index (χ0v) is 11.2. The number of aliphatic hydroxyl groups excluding tert-OH is 1. The Bertz CT molecular complexity index is 595. The maximum atomic E-state index is 13.1. The van der Waals surface area contributed by atoms with Crippen molar-refractivity contribution >= 4 is 29.0 Å². The van der Waals surface area contributed by atoms with E-state index < -0.39 is 5.82 Å². The number of hydrogen-bond donors (Lipinski definition) is 1. The number of allylic oxidation sites excluding steroid dienone is 1. The molecule has 5 heteroatoms. The topological polar surface area (TPSA) is 33.1 Å². The van der Waals surface area contributed by atoms with Crippen LogP contribution in [0.3, 0.4) is 0 Å². The average Bonchev–Trinajstić information content (AvgIpc) is 2.76. The zero-order valence-electron chi connectivity index (χ0n) is 9.65. The Morgan fingerprint density at radius 1 is 1.50 bits per heavy atom. The number of rotatable bonds is 3. The van der Waals surface area contributed by atoms with Crippen molar-refractivity contribution in [3.63, 3.8) is 0 Å². The number of benzene rings is 1. The third-order valence-electron chi connectivity index (χ3n) is 2.36. The first-order chi connectivity index (χ1) is 8.65. The van der Waals surface area contributed by atoms with Crippen molar-refractivity contribution in [2.75, 3.05) is 0 Å². The van der Waals surface area contributed by atoms with Crippen LogP contribution >= 0.6 is 22.9 Å². The number of aliphatic hydroxyl groups is 1. The number of nitrogens with zero attached hydrogens (tertiary/aromatic N) is 1. The molecule has 0 bridgehead atoms. The van der Waals surface area contributed by atoms with Gasteiger partial charge in [-0.05, 0) is 31.2 Å². The lowest BCUT2D eigenvalue weighted by molar-refractivity contribution is 0.277. The Labute approximate surface area is 113 Å². The minimum Gasteiger partial charge on any atom is -0.390 e. The van der Waals surface area contributed by atoms with E-state index in [1.807, 2.05) is 19.1 Å². The predicted molar refractivity (Wildman–Crippen MR) is 73.1 cm³/mol. The maximum Gasteiger partial charge on any atom is 0.141 e. The number of hydrogen-bond acceptors (Lipinski definition) is 3. The second kappa shape index (κ2) is 5.61. The number of halogens is 2. The van der Waals surface area contributed by atoms with Crippen molar-refractivity contribution in [3.05, 3.63) is 45.7 Å². The largest absolute Gasteiger partial charge is 0.390 e. The molecule has 0 radical (unpaired) electrons. The van der Waals surface area contributed by atoms with Crippen LogP contribution in [0.1, 0.15) is 17.5 Å². The molecule has 18 heavy (non-hydrogen) atoms. The van der Waals surface area contributed by atoms with E-state index in [4.69, 9.17) is 11.6 Å². The summed E-state index contributed by atoms with van der Waals surface area (Å²) in [6.07, 6.45) is 3.77. The summed E-state index contributed by atoms with van der Waals surface area (Å²) in [6.45, 7) is 1.78. The van der Waals surface area contributed by atoms with Gasteiger partial charge >= 0.3 is 0 Å². The van der Waals surface area contributed by atoms with Crippen LogP contribution in [0.5, 0.6) is 0 Å². The molecule has 2 nitrogen and oxygen atoms in total. The van der Waals surface area contributed by atoms with Gasteiger partial charge in [0.1, 0.15) is 10.8 Å². The van der Waals surface area contributed by atoms with Gasteiger partial charge in [0.2, 0.25) is 0 Å². The average molecular weight is 284 g/mol. The summed E-state index contributed by atoms with van der Waals surface area (Å²) >= 11 is 7.18. The Kier molecular flexibility index (Phi) is 4.11. The molecule has 0 unspecified atom stereocenters. The molecule has 2 rings (SSSR count). The van der Waals surface area contributed by atoms with E-state index in [9.17, 15) is 9.50 Å². The number of aromatic nitrogens is 1. The fourth-order valence-electron chi connectivity index (χ4n) is 1.51. The highest BCUT2D eigenvalue weighted by molar-refractivity contribution is 7.16. The molecule has 0 saturated carbocycles. The molecule has 1 aromatic carbocycles. The third kappa shape index (κ3) is 2.61. The van der Waals surface area contributed by atoms with E-state index >= 15 is 0 Å². The van der Waals surface area contributed by atoms with Crippen LogP contribution in [-0.2, 0) is 6.61 Å². The molecule has 2 aromatic rings. The minimum atomic E-state index is -0.451. The maximum absolute atomic E-state index is 13.1. The smallest absolute Gasteiger partial charge is 0.141 e. The van der Waals surface area contributed by atoms with Crippen molar-refractivity contribution in [2.45, 2.75) is 13.5 Å². The summed E-state index contributed by atoms with van der Waals surface area (Å²) in [4.78, 5) is 5.22. The van der Waals surface area contributed by atoms with E-state index in [0.29, 0.717) is 10.7 Å². The van der Waals surface area contributed by atoms with Crippen LogP contribution < -0.4 is 0 Å². The standard InChI is InChI=1S/C13H11ClFNOS/c1-2-3-12-11(7-17)16-13(18-12)8-4-5-10(15)9(14)6-8/h2-6,17H,7H2,1H3/b3-2+. The summed E-state index contributed by atoms with van der Waals surface area (Å²) in [5.41, 5.74) is 1.37. The quantitative estimate of drug-likeness (QED) is 0.919. The summed E-state index contributed by atoms with van der Waals surface area (Å²) in [7, 11) is 0. The Balaban J connectivity index is 2.47. The monoisotopic (exact) mass is 283 g/mol. The minimum absolute atomic E-state index is 0.0702. The van der Waals surface area contributed by atoms with Crippen molar-refractivity contribution in [1.82, 2.24) is 4.98 Å². The van der Waals surface area contributed by atoms with Gasteiger partial charge in [0.15, 0.2) is 0 Å². The molecule has 0 saturated heterocycles. The van der Waals surface area contributed by atoms with Gasteiger partial charge in [-0.25, -0.2) is 9.37 Å². The molecule has 0 fully saturated rings. The molecular weight excluding hydrogens is 273 g/mol. The first kappa shape index (κ1) is 13.2. The Morgan fingerprint density at radius 3 is 2.89 bits per heavy atom. The van der Waals surface area contributed by atoms with Crippen LogP contribution in [0.4, 0.5) is 4.39 Å². The molecule has 0 aliphatic rings. The summed E-state index contributed by atoms with van der Waals surface area (Å²) in [6, 6.07) is 4.48. The summed E-state index contributed by atoms with van der Waals surface area (Å²) < 4.78 is 13.1. The van der Waals surface area contributed by atoms with Crippen LogP contribution in [0.25, 0.3) is 16.6 Å². The van der Waals surface area contributed by atoms with E-state index in [1.165, 1.54) is 23.5 Å². The molecule has 1 heterocycles. The van der Waals surface area contributed by atoms with Crippen LogP contribution in [0.15, 0.2) is 24.3 Å². The normalized spacial score (nSPS) is 11.3. The predicted octanol–water partition coefficient (Wildman–Crippen LogP) is 4.13. The van der Waals surface area contributed by atoms with Gasteiger partial charge in [-0.1, -0.05) is 17.7 Å². The SMILES string of the molecule is C/C=C/c1sc(-c2ccc(F)c(Cl)c2)nc1CO. The van der Waals surface area contributed by atoms with E-state index in [-0.39, 0.29) is 11.6 Å². The molecule has 1 aromatic heterocycles. The summed E-state index contributed by atoms with van der Waals surface area (Å²) in [5.74, 6) is -0.451. The Hall–Kier alpha value is -1.23. The fourth-order valence-corrected chi connectivity index (χ4v) is 2.73.